The molecule has 0 atom stereocenters. The lowest BCUT2D eigenvalue weighted by atomic mass is 10.2. The van der Waals surface area contributed by atoms with Gasteiger partial charge in [-0.15, -0.1) is 0 Å². The molecule has 5 nitrogen and oxygen atoms in total. The zero-order valence-corrected chi connectivity index (χ0v) is 13.4. The van der Waals surface area contributed by atoms with Crippen LogP contribution in [0.2, 0.25) is 5.02 Å². The van der Waals surface area contributed by atoms with Crippen molar-refractivity contribution in [3.63, 3.8) is 0 Å². The highest BCUT2D eigenvalue weighted by molar-refractivity contribution is 6.30. The number of pyridine rings is 1. The van der Waals surface area contributed by atoms with Crippen molar-refractivity contribution in [2.45, 2.75) is 6.54 Å². The Kier molecular flexibility index (Phi) is 4.68. The molecule has 2 heterocycles. The fraction of sp³-hybridized carbons (Fsp3) is 0.118. The number of nitrogens with zero attached hydrogens (tertiary/aromatic N) is 3. The Hall–Kier alpha value is -2.66. The lowest BCUT2D eigenvalue weighted by Gasteiger charge is -2.10. The summed E-state index contributed by atoms with van der Waals surface area (Å²) >= 11 is 6.01. The van der Waals surface area contributed by atoms with Gasteiger partial charge in [0, 0.05) is 30.9 Å². The summed E-state index contributed by atoms with van der Waals surface area (Å²) in [7, 11) is 1.79. The van der Waals surface area contributed by atoms with E-state index in [4.69, 9.17) is 11.6 Å². The van der Waals surface area contributed by atoms with E-state index in [9.17, 15) is 0 Å². The molecular weight excluding hydrogens is 310 g/mol. The first-order valence-electron chi connectivity index (χ1n) is 7.21. The number of halogens is 1. The van der Waals surface area contributed by atoms with Crippen LogP contribution in [0.3, 0.4) is 0 Å². The van der Waals surface area contributed by atoms with Crippen molar-refractivity contribution in [1.29, 1.82) is 0 Å². The molecule has 0 fully saturated rings. The minimum Gasteiger partial charge on any atom is -0.366 e. The minimum absolute atomic E-state index is 0.543. The van der Waals surface area contributed by atoms with E-state index in [1.54, 1.807) is 13.2 Å². The largest absolute Gasteiger partial charge is 0.366 e. The second kappa shape index (κ2) is 7.07. The molecule has 0 unspecified atom stereocenters. The summed E-state index contributed by atoms with van der Waals surface area (Å²) in [6.07, 6.45) is 1.75. The smallest absolute Gasteiger partial charge is 0.224 e. The molecule has 1 aromatic carbocycles. The third-order valence-electron chi connectivity index (χ3n) is 3.24. The van der Waals surface area contributed by atoms with Crippen molar-refractivity contribution in [3.8, 4) is 11.4 Å². The Morgan fingerprint density at radius 1 is 1.00 bits per heavy atom. The molecule has 23 heavy (non-hydrogen) atoms. The van der Waals surface area contributed by atoms with E-state index >= 15 is 0 Å². The summed E-state index contributed by atoms with van der Waals surface area (Å²) in [6, 6.07) is 15.3. The summed E-state index contributed by atoms with van der Waals surface area (Å²) in [5, 5.41) is 6.99. The van der Waals surface area contributed by atoms with Crippen LogP contribution in [0.1, 0.15) is 5.56 Å². The monoisotopic (exact) mass is 325 g/mol. The van der Waals surface area contributed by atoms with Crippen LogP contribution in [-0.2, 0) is 6.54 Å². The fourth-order valence-electron chi connectivity index (χ4n) is 2.13. The first kappa shape index (κ1) is 15.2. The quantitative estimate of drug-likeness (QED) is 0.746. The molecule has 0 radical (unpaired) electrons. The van der Waals surface area contributed by atoms with E-state index in [0.717, 1.165) is 27.8 Å². The van der Waals surface area contributed by atoms with Crippen molar-refractivity contribution >= 4 is 23.4 Å². The number of hydrogen-bond donors (Lipinski definition) is 2. The van der Waals surface area contributed by atoms with Crippen LogP contribution in [0, 0.1) is 0 Å². The van der Waals surface area contributed by atoms with E-state index in [1.807, 2.05) is 48.5 Å². The molecule has 0 amide bonds. The summed E-state index contributed by atoms with van der Waals surface area (Å²) in [5.41, 5.74) is 2.65. The first-order valence-corrected chi connectivity index (χ1v) is 7.59. The van der Waals surface area contributed by atoms with Gasteiger partial charge >= 0.3 is 0 Å². The van der Waals surface area contributed by atoms with Crippen molar-refractivity contribution in [3.05, 3.63) is 65.3 Å². The number of hydrogen-bond acceptors (Lipinski definition) is 5. The van der Waals surface area contributed by atoms with Gasteiger partial charge in [-0.3, -0.25) is 4.98 Å². The number of benzene rings is 1. The molecule has 3 aromatic rings. The van der Waals surface area contributed by atoms with Crippen molar-refractivity contribution in [2.24, 2.45) is 0 Å². The predicted octanol–water partition coefficient (Wildman–Crippen LogP) is 3.85. The highest BCUT2D eigenvalue weighted by Gasteiger charge is 2.07. The second-order valence-electron chi connectivity index (χ2n) is 4.91. The van der Waals surface area contributed by atoms with Crippen LogP contribution in [0.4, 0.5) is 11.8 Å². The Morgan fingerprint density at radius 2 is 1.91 bits per heavy atom. The van der Waals surface area contributed by atoms with Gasteiger partial charge in [-0.1, -0.05) is 29.8 Å². The molecule has 0 bridgehead atoms. The Balaban J connectivity index is 1.84. The SMILES string of the molecule is CNc1nc(NCc2cccc(Cl)c2)cc(-c2ccccn2)n1. The van der Waals surface area contributed by atoms with Gasteiger partial charge in [0.15, 0.2) is 0 Å². The van der Waals surface area contributed by atoms with E-state index in [1.165, 1.54) is 0 Å². The van der Waals surface area contributed by atoms with Crippen LogP contribution >= 0.6 is 11.6 Å². The number of anilines is 2. The van der Waals surface area contributed by atoms with E-state index < -0.39 is 0 Å². The molecule has 0 saturated carbocycles. The molecule has 0 saturated heterocycles. The molecule has 2 aromatic heterocycles. The molecule has 6 heteroatoms. The van der Waals surface area contributed by atoms with Crippen LogP contribution in [0.25, 0.3) is 11.4 Å². The number of aromatic nitrogens is 3. The van der Waals surface area contributed by atoms with Gasteiger partial charge in [0.1, 0.15) is 5.82 Å². The highest BCUT2D eigenvalue weighted by atomic mass is 35.5. The average Bonchev–Trinajstić information content (AvgIpc) is 2.60. The van der Waals surface area contributed by atoms with Gasteiger partial charge in [0.25, 0.3) is 0 Å². The molecule has 0 aliphatic rings. The fourth-order valence-corrected chi connectivity index (χ4v) is 2.35. The Bertz CT molecular complexity index is 792. The van der Waals surface area contributed by atoms with Crippen molar-refractivity contribution in [1.82, 2.24) is 15.0 Å². The van der Waals surface area contributed by atoms with Gasteiger partial charge in [-0.2, -0.15) is 4.98 Å². The lowest BCUT2D eigenvalue weighted by molar-refractivity contribution is 1.08. The summed E-state index contributed by atoms with van der Waals surface area (Å²) in [4.78, 5) is 13.2. The van der Waals surface area contributed by atoms with Gasteiger partial charge in [-0.05, 0) is 29.8 Å². The maximum absolute atomic E-state index is 6.01. The van der Waals surface area contributed by atoms with E-state index in [2.05, 4.69) is 25.6 Å². The summed E-state index contributed by atoms with van der Waals surface area (Å²) in [6.45, 7) is 0.627. The average molecular weight is 326 g/mol. The molecule has 3 rings (SSSR count). The third-order valence-corrected chi connectivity index (χ3v) is 3.47. The summed E-state index contributed by atoms with van der Waals surface area (Å²) in [5.74, 6) is 1.27. The summed E-state index contributed by atoms with van der Waals surface area (Å²) < 4.78 is 0. The maximum Gasteiger partial charge on any atom is 0.224 e. The minimum atomic E-state index is 0.543. The van der Waals surface area contributed by atoms with Crippen molar-refractivity contribution in [2.75, 3.05) is 17.7 Å². The Morgan fingerprint density at radius 3 is 2.65 bits per heavy atom. The van der Waals surface area contributed by atoms with Gasteiger partial charge in [0.2, 0.25) is 5.95 Å². The first-order chi connectivity index (χ1) is 11.2. The maximum atomic E-state index is 6.01. The molecule has 2 N–H and O–H groups in total. The molecule has 116 valence electrons. The van der Waals surface area contributed by atoms with Crippen LogP contribution in [0.5, 0.6) is 0 Å². The lowest BCUT2D eigenvalue weighted by Crippen LogP contribution is -2.05. The van der Waals surface area contributed by atoms with Gasteiger partial charge in [0.05, 0.1) is 11.4 Å². The van der Waals surface area contributed by atoms with Gasteiger partial charge in [-0.25, -0.2) is 4.98 Å². The molecule has 0 spiro atoms. The second-order valence-corrected chi connectivity index (χ2v) is 5.35. The molecule has 0 aliphatic carbocycles. The molecule has 0 aliphatic heterocycles. The van der Waals surface area contributed by atoms with E-state index in [-0.39, 0.29) is 0 Å². The Labute approximate surface area is 139 Å². The topological polar surface area (TPSA) is 62.7 Å². The van der Waals surface area contributed by atoms with E-state index in [0.29, 0.717) is 12.5 Å². The zero-order valence-electron chi connectivity index (χ0n) is 12.6. The van der Waals surface area contributed by atoms with Gasteiger partial charge < -0.3 is 10.6 Å². The number of nitrogens with one attached hydrogen (secondary N) is 2. The normalized spacial score (nSPS) is 10.3. The van der Waals surface area contributed by atoms with Crippen LogP contribution in [-0.4, -0.2) is 22.0 Å². The number of rotatable bonds is 5. The zero-order chi connectivity index (χ0) is 16.1. The van der Waals surface area contributed by atoms with Crippen LogP contribution < -0.4 is 10.6 Å². The standard InChI is InChI=1S/C17H16ClN5/c1-19-17-22-15(14-7-2-3-8-20-14)10-16(23-17)21-11-12-5-4-6-13(18)9-12/h2-10H,11H2,1H3,(H2,19,21,22,23). The van der Waals surface area contributed by atoms with Crippen molar-refractivity contribution < 1.29 is 0 Å². The van der Waals surface area contributed by atoms with Crippen LogP contribution in [0.15, 0.2) is 54.7 Å². The highest BCUT2D eigenvalue weighted by Crippen LogP contribution is 2.20. The third kappa shape index (κ3) is 3.96. The predicted molar refractivity (Wildman–Crippen MR) is 93.6 cm³/mol. The molecular formula is C17H16ClN5.